The summed E-state index contributed by atoms with van der Waals surface area (Å²) in [5, 5.41) is -0.225. The smallest absolute Gasteiger partial charge is 0.224 e. The zero-order chi connectivity index (χ0) is 13.3. The lowest BCUT2D eigenvalue weighted by Crippen LogP contribution is -2.04. The molecule has 0 aliphatic carbocycles. The molecule has 0 fully saturated rings. The fraction of sp³-hybridized carbons (Fsp3) is 0. The van der Waals surface area contributed by atoms with Crippen LogP contribution in [0.4, 0.5) is 14.6 Å². The maximum absolute atomic E-state index is 13.6. The van der Waals surface area contributed by atoms with E-state index in [9.17, 15) is 13.6 Å². The molecule has 2 N–H and O–H groups in total. The first-order valence-corrected chi connectivity index (χ1v) is 5.14. The van der Waals surface area contributed by atoms with Crippen molar-refractivity contribution in [2.45, 2.75) is 0 Å². The van der Waals surface area contributed by atoms with E-state index in [1.807, 2.05) is 0 Å². The number of halogens is 3. The maximum Gasteiger partial charge on any atom is 0.224 e. The summed E-state index contributed by atoms with van der Waals surface area (Å²) in [6.07, 6.45) is 0.393. The van der Waals surface area contributed by atoms with Crippen molar-refractivity contribution in [1.29, 1.82) is 0 Å². The lowest BCUT2D eigenvalue weighted by molar-refractivity contribution is 0.112. The standard InChI is InChI=1S/C11H6ClF2N3O/c12-11-16-9(7(4-18)10(15)17-11)6-2-1-5(13)3-8(6)14/h1-4H,(H2,15,16,17). The zero-order valence-corrected chi connectivity index (χ0v) is 9.58. The van der Waals surface area contributed by atoms with E-state index in [1.54, 1.807) is 0 Å². The topological polar surface area (TPSA) is 68.9 Å². The summed E-state index contributed by atoms with van der Waals surface area (Å²) >= 11 is 5.60. The average molecular weight is 270 g/mol. The second-order valence-corrected chi connectivity index (χ2v) is 3.72. The summed E-state index contributed by atoms with van der Waals surface area (Å²) in [4.78, 5) is 18.2. The molecule has 1 heterocycles. The van der Waals surface area contributed by atoms with Crippen molar-refractivity contribution in [3.63, 3.8) is 0 Å². The van der Waals surface area contributed by atoms with Crippen LogP contribution < -0.4 is 5.73 Å². The number of nitrogen functional groups attached to an aromatic ring is 1. The van der Waals surface area contributed by atoms with Gasteiger partial charge in [-0.3, -0.25) is 4.79 Å². The molecule has 0 aliphatic heterocycles. The largest absolute Gasteiger partial charge is 0.383 e. The van der Waals surface area contributed by atoms with Gasteiger partial charge in [-0.05, 0) is 23.7 Å². The van der Waals surface area contributed by atoms with Crippen molar-refractivity contribution in [1.82, 2.24) is 9.97 Å². The van der Waals surface area contributed by atoms with Gasteiger partial charge in [-0.1, -0.05) is 0 Å². The number of carbonyl (C=O) groups is 1. The molecule has 0 saturated carbocycles. The first kappa shape index (κ1) is 12.4. The third-order valence-corrected chi connectivity index (χ3v) is 2.42. The van der Waals surface area contributed by atoms with E-state index in [4.69, 9.17) is 17.3 Å². The van der Waals surface area contributed by atoms with Crippen LogP contribution in [0, 0.1) is 11.6 Å². The number of carbonyl (C=O) groups excluding carboxylic acids is 1. The summed E-state index contributed by atoms with van der Waals surface area (Å²) < 4.78 is 26.4. The van der Waals surface area contributed by atoms with E-state index in [0.29, 0.717) is 12.4 Å². The van der Waals surface area contributed by atoms with E-state index >= 15 is 0 Å². The van der Waals surface area contributed by atoms with Gasteiger partial charge in [-0.2, -0.15) is 0 Å². The van der Waals surface area contributed by atoms with Gasteiger partial charge in [0.1, 0.15) is 17.5 Å². The first-order chi connectivity index (χ1) is 8.52. The zero-order valence-electron chi connectivity index (χ0n) is 8.82. The van der Waals surface area contributed by atoms with Gasteiger partial charge < -0.3 is 5.73 Å². The molecule has 2 rings (SSSR count). The summed E-state index contributed by atoms with van der Waals surface area (Å²) in [6, 6.07) is 2.87. The Morgan fingerprint density at radius 3 is 2.61 bits per heavy atom. The fourth-order valence-electron chi connectivity index (χ4n) is 1.46. The van der Waals surface area contributed by atoms with E-state index in [-0.39, 0.29) is 27.9 Å². The molecule has 0 radical (unpaired) electrons. The van der Waals surface area contributed by atoms with Gasteiger partial charge in [0, 0.05) is 11.6 Å². The Morgan fingerprint density at radius 2 is 2.00 bits per heavy atom. The summed E-state index contributed by atoms with van der Waals surface area (Å²) in [6.45, 7) is 0. The molecule has 18 heavy (non-hydrogen) atoms. The third-order valence-electron chi connectivity index (χ3n) is 2.25. The van der Waals surface area contributed by atoms with Crippen LogP contribution in [0.2, 0.25) is 5.28 Å². The molecule has 0 bridgehead atoms. The number of aromatic nitrogens is 2. The van der Waals surface area contributed by atoms with Crippen LogP contribution in [0.25, 0.3) is 11.3 Å². The molecule has 0 atom stereocenters. The van der Waals surface area contributed by atoms with E-state index < -0.39 is 11.6 Å². The lowest BCUT2D eigenvalue weighted by Gasteiger charge is -2.07. The Balaban J connectivity index is 2.73. The van der Waals surface area contributed by atoms with E-state index in [1.165, 1.54) is 0 Å². The maximum atomic E-state index is 13.6. The second kappa shape index (κ2) is 4.66. The lowest BCUT2D eigenvalue weighted by atomic mass is 10.1. The normalized spacial score (nSPS) is 10.4. The third kappa shape index (κ3) is 2.14. The molecule has 1 aromatic carbocycles. The van der Waals surface area contributed by atoms with Gasteiger partial charge in [0.2, 0.25) is 5.28 Å². The highest BCUT2D eigenvalue weighted by Crippen LogP contribution is 2.27. The minimum atomic E-state index is -0.868. The van der Waals surface area contributed by atoms with Crippen molar-refractivity contribution >= 4 is 23.7 Å². The highest BCUT2D eigenvalue weighted by Gasteiger charge is 2.16. The molecule has 0 saturated heterocycles. The molecule has 4 nitrogen and oxygen atoms in total. The van der Waals surface area contributed by atoms with Crippen LogP contribution in [0.1, 0.15) is 10.4 Å². The highest BCUT2D eigenvalue weighted by atomic mass is 35.5. The van der Waals surface area contributed by atoms with Crippen LogP contribution in [0.3, 0.4) is 0 Å². The molecule has 0 aliphatic rings. The van der Waals surface area contributed by atoms with Gasteiger partial charge in [-0.15, -0.1) is 0 Å². The van der Waals surface area contributed by atoms with Crippen molar-refractivity contribution in [3.05, 3.63) is 40.7 Å². The van der Waals surface area contributed by atoms with Gasteiger partial charge in [0.15, 0.2) is 6.29 Å². The highest BCUT2D eigenvalue weighted by molar-refractivity contribution is 6.28. The quantitative estimate of drug-likeness (QED) is 0.672. The molecule has 0 unspecified atom stereocenters. The summed E-state index contributed by atoms with van der Waals surface area (Å²) in [5.41, 5.74) is 5.25. The van der Waals surface area contributed by atoms with Gasteiger partial charge in [0.05, 0.1) is 11.3 Å². The Bertz CT molecular complexity index is 634. The van der Waals surface area contributed by atoms with E-state index in [2.05, 4.69) is 9.97 Å². The molecule has 1 aromatic heterocycles. The van der Waals surface area contributed by atoms with Crippen LogP contribution in [0.15, 0.2) is 18.2 Å². The number of hydrogen-bond acceptors (Lipinski definition) is 4. The molecular weight excluding hydrogens is 264 g/mol. The predicted molar refractivity (Wildman–Crippen MR) is 62.2 cm³/mol. The SMILES string of the molecule is Nc1nc(Cl)nc(-c2ccc(F)cc2F)c1C=O. The van der Waals surface area contributed by atoms with E-state index in [0.717, 1.165) is 12.1 Å². The molecule has 7 heteroatoms. The fourth-order valence-corrected chi connectivity index (χ4v) is 1.64. The monoisotopic (exact) mass is 269 g/mol. The number of nitrogens with zero attached hydrogens (tertiary/aromatic N) is 2. The molecule has 92 valence electrons. The number of rotatable bonds is 2. The number of hydrogen-bond donors (Lipinski definition) is 1. The summed E-state index contributed by atoms with van der Waals surface area (Å²) in [5.74, 6) is -1.77. The number of aldehydes is 1. The molecule has 0 spiro atoms. The van der Waals surface area contributed by atoms with Gasteiger partial charge in [-0.25, -0.2) is 18.7 Å². The van der Waals surface area contributed by atoms with Crippen molar-refractivity contribution in [2.24, 2.45) is 0 Å². The van der Waals surface area contributed by atoms with Crippen LogP contribution in [-0.4, -0.2) is 16.3 Å². The Labute approximate surface area is 105 Å². The number of benzene rings is 1. The van der Waals surface area contributed by atoms with Gasteiger partial charge >= 0.3 is 0 Å². The second-order valence-electron chi connectivity index (χ2n) is 3.38. The van der Waals surface area contributed by atoms with Gasteiger partial charge in [0.25, 0.3) is 0 Å². The van der Waals surface area contributed by atoms with Crippen LogP contribution >= 0.6 is 11.6 Å². The van der Waals surface area contributed by atoms with Crippen LogP contribution in [0.5, 0.6) is 0 Å². The van der Waals surface area contributed by atoms with Crippen molar-refractivity contribution in [3.8, 4) is 11.3 Å². The molecular formula is C11H6ClF2N3O. The number of anilines is 1. The minimum Gasteiger partial charge on any atom is -0.383 e. The van der Waals surface area contributed by atoms with Crippen LogP contribution in [-0.2, 0) is 0 Å². The molecule has 0 amide bonds. The predicted octanol–water partition coefficient (Wildman–Crippen LogP) is 2.47. The number of nitrogens with two attached hydrogens (primary N) is 1. The average Bonchev–Trinajstić information content (AvgIpc) is 2.28. The van der Waals surface area contributed by atoms with Crippen molar-refractivity contribution in [2.75, 3.05) is 5.73 Å². The first-order valence-electron chi connectivity index (χ1n) is 4.76. The minimum absolute atomic E-state index is 0.0694. The Morgan fingerprint density at radius 1 is 1.28 bits per heavy atom. The van der Waals surface area contributed by atoms with Crippen molar-refractivity contribution < 1.29 is 13.6 Å². The summed E-state index contributed by atoms with van der Waals surface area (Å²) in [7, 11) is 0. The Hall–Kier alpha value is -2.08. The molecule has 2 aromatic rings. The Kier molecular flexibility index (Phi) is 3.20.